The van der Waals surface area contributed by atoms with E-state index in [9.17, 15) is 28.3 Å². The molecular formula is C29H24BrF3N4O3. The summed E-state index contributed by atoms with van der Waals surface area (Å²) in [6.07, 6.45) is -3.92. The number of aliphatic hydroxyl groups is 1. The maximum absolute atomic E-state index is 13.5. The zero-order chi connectivity index (χ0) is 28.9. The molecule has 4 rings (SSSR count). The molecule has 2 N–H and O–H groups in total. The first-order chi connectivity index (χ1) is 19.1. The number of nitrogens with one attached hydrogen (secondary N) is 1. The van der Waals surface area contributed by atoms with Crippen LogP contribution in [0.25, 0.3) is 5.69 Å². The normalized spacial score (nSPS) is 12.0. The van der Waals surface area contributed by atoms with Crippen molar-refractivity contribution in [2.24, 2.45) is 0 Å². The van der Waals surface area contributed by atoms with Crippen LogP contribution < -0.4 is 10.1 Å². The van der Waals surface area contributed by atoms with Crippen molar-refractivity contribution in [1.29, 1.82) is 5.26 Å². The maximum atomic E-state index is 13.5. The Morgan fingerprint density at radius 3 is 2.58 bits per heavy atom. The lowest BCUT2D eigenvalue weighted by atomic mass is 10.0. The number of carbonyl (C=O) groups excluding carboxylic acids is 1. The summed E-state index contributed by atoms with van der Waals surface area (Å²) in [5.41, 5.74) is -0.0301. The van der Waals surface area contributed by atoms with Gasteiger partial charge in [0.05, 0.1) is 28.4 Å². The third-order valence-corrected chi connectivity index (χ3v) is 6.56. The SMILES string of the molecule is CCCCOc1ccc(C(O)c2cccc(NC(=O)c3cc(C(F)(F)F)nn3-c3cccc(C#N)c3)c2)cc1Br. The standard InChI is InChI=1S/C29H24BrF3N4O3/c1-2-3-12-40-25-11-10-20(15-23(25)30)27(38)19-7-5-8-21(14-19)35-28(39)24-16-26(29(31,32)33)36-37(24)22-9-4-6-18(13-22)17-34/h4-11,13-16,27,38H,2-3,12H2,1H3,(H,35,39). The van der Waals surface area contributed by atoms with Crippen LogP contribution in [0, 0.1) is 11.3 Å². The summed E-state index contributed by atoms with van der Waals surface area (Å²) >= 11 is 3.46. The lowest BCUT2D eigenvalue weighted by Gasteiger charge is -2.15. The molecule has 7 nitrogen and oxygen atoms in total. The number of unbranched alkanes of at least 4 members (excludes halogenated alkanes) is 1. The van der Waals surface area contributed by atoms with E-state index in [1.54, 1.807) is 36.4 Å². The van der Waals surface area contributed by atoms with E-state index in [1.807, 2.05) is 6.07 Å². The summed E-state index contributed by atoms with van der Waals surface area (Å²) in [4.78, 5) is 13.2. The van der Waals surface area contributed by atoms with Crippen LogP contribution in [0.4, 0.5) is 18.9 Å². The molecule has 1 heterocycles. The quantitative estimate of drug-likeness (QED) is 0.197. The number of nitriles is 1. The number of benzene rings is 3. The molecule has 0 saturated heterocycles. The van der Waals surface area contributed by atoms with Crippen molar-refractivity contribution < 1.29 is 27.8 Å². The van der Waals surface area contributed by atoms with Gasteiger partial charge in [-0.1, -0.05) is 37.6 Å². The highest BCUT2D eigenvalue weighted by Crippen LogP contribution is 2.33. The first-order valence-corrected chi connectivity index (χ1v) is 13.1. The molecule has 0 aliphatic carbocycles. The monoisotopic (exact) mass is 612 g/mol. The molecule has 1 aromatic heterocycles. The van der Waals surface area contributed by atoms with Gasteiger partial charge in [-0.05, 0) is 75.9 Å². The van der Waals surface area contributed by atoms with Gasteiger partial charge in [-0.25, -0.2) is 4.68 Å². The van der Waals surface area contributed by atoms with E-state index in [2.05, 4.69) is 33.3 Å². The topological polar surface area (TPSA) is 100 Å². The second kappa shape index (κ2) is 12.4. The Morgan fingerprint density at radius 2 is 1.88 bits per heavy atom. The van der Waals surface area contributed by atoms with Crippen LogP contribution in [0.1, 0.15) is 58.7 Å². The van der Waals surface area contributed by atoms with Gasteiger partial charge in [0.1, 0.15) is 17.5 Å². The predicted molar refractivity (Wildman–Crippen MR) is 146 cm³/mol. The van der Waals surface area contributed by atoms with Gasteiger partial charge in [-0.3, -0.25) is 4.79 Å². The number of aromatic nitrogens is 2. The van der Waals surface area contributed by atoms with Crippen LogP contribution in [0.3, 0.4) is 0 Å². The van der Waals surface area contributed by atoms with Crippen LogP contribution >= 0.6 is 15.9 Å². The Hall–Kier alpha value is -4.14. The second-order valence-corrected chi connectivity index (χ2v) is 9.71. The van der Waals surface area contributed by atoms with Gasteiger partial charge in [0.25, 0.3) is 5.91 Å². The molecule has 0 radical (unpaired) electrons. The van der Waals surface area contributed by atoms with E-state index in [4.69, 9.17) is 4.74 Å². The first kappa shape index (κ1) is 28.9. The van der Waals surface area contributed by atoms with E-state index in [-0.39, 0.29) is 22.6 Å². The number of anilines is 1. The number of nitrogens with zero attached hydrogens (tertiary/aromatic N) is 3. The predicted octanol–water partition coefficient (Wildman–Crippen LogP) is 7.04. The number of rotatable bonds is 9. The number of hydrogen-bond donors (Lipinski definition) is 2. The van der Waals surface area contributed by atoms with Gasteiger partial charge < -0.3 is 15.2 Å². The van der Waals surface area contributed by atoms with Crippen molar-refractivity contribution in [3.63, 3.8) is 0 Å². The molecule has 206 valence electrons. The Bertz CT molecular complexity index is 1560. The molecule has 1 amide bonds. The van der Waals surface area contributed by atoms with E-state index < -0.39 is 23.9 Å². The van der Waals surface area contributed by atoms with Crippen LogP contribution in [0.15, 0.2) is 77.3 Å². The molecular weight excluding hydrogens is 589 g/mol. The molecule has 40 heavy (non-hydrogen) atoms. The van der Waals surface area contributed by atoms with Crippen LogP contribution in [-0.4, -0.2) is 27.4 Å². The summed E-state index contributed by atoms with van der Waals surface area (Å²) in [5.74, 6) is -0.200. The molecule has 0 bridgehead atoms. The molecule has 1 atom stereocenters. The van der Waals surface area contributed by atoms with E-state index in [0.717, 1.165) is 17.5 Å². The van der Waals surface area contributed by atoms with Crippen LogP contribution in [-0.2, 0) is 6.18 Å². The number of hydrogen-bond acceptors (Lipinski definition) is 5. The van der Waals surface area contributed by atoms with Gasteiger partial charge in [0.15, 0.2) is 5.69 Å². The number of amides is 1. The average molecular weight is 613 g/mol. The number of ether oxygens (including phenoxy) is 1. The van der Waals surface area contributed by atoms with E-state index in [1.165, 1.54) is 30.3 Å². The van der Waals surface area contributed by atoms with Gasteiger partial charge in [0, 0.05) is 11.8 Å². The highest BCUT2D eigenvalue weighted by atomic mass is 79.9. The lowest BCUT2D eigenvalue weighted by Crippen LogP contribution is -2.17. The minimum absolute atomic E-state index is 0.122. The maximum Gasteiger partial charge on any atom is 0.435 e. The van der Waals surface area contributed by atoms with Crippen LogP contribution in [0.5, 0.6) is 5.75 Å². The van der Waals surface area contributed by atoms with Crippen molar-refractivity contribution in [2.45, 2.75) is 32.0 Å². The Kier molecular flexibility index (Phi) is 8.92. The summed E-state index contributed by atoms with van der Waals surface area (Å²) in [7, 11) is 0. The minimum atomic E-state index is -4.79. The lowest BCUT2D eigenvalue weighted by molar-refractivity contribution is -0.141. The smallest absolute Gasteiger partial charge is 0.435 e. The Labute approximate surface area is 237 Å². The van der Waals surface area contributed by atoms with Crippen molar-refractivity contribution >= 4 is 27.5 Å². The largest absolute Gasteiger partial charge is 0.492 e. The molecule has 0 saturated carbocycles. The minimum Gasteiger partial charge on any atom is -0.492 e. The van der Waals surface area contributed by atoms with Gasteiger partial charge in [-0.15, -0.1) is 0 Å². The van der Waals surface area contributed by atoms with Crippen molar-refractivity contribution in [1.82, 2.24) is 9.78 Å². The average Bonchev–Trinajstić information content (AvgIpc) is 3.40. The fourth-order valence-corrected chi connectivity index (χ4v) is 4.40. The zero-order valence-electron chi connectivity index (χ0n) is 21.2. The van der Waals surface area contributed by atoms with Crippen molar-refractivity contribution in [2.75, 3.05) is 11.9 Å². The summed E-state index contributed by atoms with van der Waals surface area (Å²) in [5, 5.41) is 26.3. The Balaban J connectivity index is 1.59. The number of alkyl halides is 3. The number of halogens is 4. The summed E-state index contributed by atoms with van der Waals surface area (Å²) in [6, 6.07) is 19.9. The molecule has 11 heteroatoms. The highest BCUT2D eigenvalue weighted by molar-refractivity contribution is 9.10. The number of carbonyl (C=O) groups is 1. The van der Waals surface area contributed by atoms with Crippen LogP contribution in [0.2, 0.25) is 0 Å². The molecule has 0 fully saturated rings. The summed E-state index contributed by atoms with van der Waals surface area (Å²) < 4.78 is 47.7. The van der Waals surface area contributed by atoms with E-state index in [0.29, 0.717) is 34.0 Å². The number of aliphatic hydroxyl groups excluding tert-OH is 1. The molecule has 0 aliphatic heterocycles. The highest BCUT2D eigenvalue weighted by Gasteiger charge is 2.36. The zero-order valence-corrected chi connectivity index (χ0v) is 22.8. The van der Waals surface area contributed by atoms with Crippen molar-refractivity contribution in [3.8, 4) is 17.5 Å². The fraction of sp³-hybridized carbons (Fsp3) is 0.207. The van der Waals surface area contributed by atoms with E-state index >= 15 is 0 Å². The van der Waals surface area contributed by atoms with Gasteiger partial charge in [-0.2, -0.15) is 23.5 Å². The first-order valence-electron chi connectivity index (χ1n) is 12.3. The molecule has 4 aromatic rings. The molecule has 0 aliphatic rings. The molecule has 0 spiro atoms. The fourth-order valence-electron chi connectivity index (χ4n) is 3.89. The second-order valence-electron chi connectivity index (χ2n) is 8.86. The van der Waals surface area contributed by atoms with Gasteiger partial charge >= 0.3 is 6.18 Å². The molecule has 3 aromatic carbocycles. The summed E-state index contributed by atoms with van der Waals surface area (Å²) in [6.45, 7) is 2.64. The molecule has 1 unspecified atom stereocenters. The van der Waals surface area contributed by atoms with Gasteiger partial charge in [0.2, 0.25) is 0 Å². The van der Waals surface area contributed by atoms with Crippen molar-refractivity contribution in [3.05, 3.63) is 105 Å². The third kappa shape index (κ3) is 6.70. The third-order valence-electron chi connectivity index (χ3n) is 5.94. The Morgan fingerprint density at radius 1 is 1.12 bits per heavy atom.